The van der Waals surface area contributed by atoms with Crippen LogP contribution in [0.5, 0.6) is 0 Å². The molecule has 1 aromatic carbocycles. The third kappa shape index (κ3) is 2.93. The maximum absolute atomic E-state index is 13.1. The molecule has 2 aromatic heterocycles. The molecule has 118 valence electrons. The van der Waals surface area contributed by atoms with E-state index in [1.165, 1.54) is 24.4 Å². The van der Waals surface area contributed by atoms with Crippen LogP contribution in [0.25, 0.3) is 10.9 Å². The van der Waals surface area contributed by atoms with E-state index in [0.29, 0.717) is 0 Å². The minimum atomic E-state index is -4.57. The Balaban J connectivity index is 1.99. The zero-order chi connectivity index (χ0) is 16.6. The summed E-state index contributed by atoms with van der Waals surface area (Å²) < 4.78 is 39.3. The molecule has 0 fully saturated rings. The first-order valence-electron chi connectivity index (χ1n) is 6.42. The maximum atomic E-state index is 13.1. The Bertz CT molecular complexity index is 887. The van der Waals surface area contributed by atoms with E-state index in [1.807, 2.05) is 0 Å². The van der Waals surface area contributed by atoms with Gasteiger partial charge in [0.2, 0.25) is 0 Å². The highest BCUT2D eigenvalue weighted by Gasteiger charge is 2.33. The Kier molecular flexibility index (Phi) is 3.40. The summed E-state index contributed by atoms with van der Waals surface area (Å²) in [6, 6.07) is 4.97. The predicted molar refractivity (Wildman–Crippen MR) is 77.7 cm³/mol. The van der Waals surface area contributed by atoms with Gasteiger partial charge in [0.25, 0.3) is 5.91 Å². The van der Waals surface area contributed by atoms with Crippen molar-refractivity contribution in [1.82, 2.24) is 15.2 Å². The molecule has 0 saturated carbocycles. The van der Waals surface area contributed by atoms with Gasteiger partial charge in [-0.1, -0.05) is 0 Å². The lowest BCUT2D eigenvalue weighted by atomic mass is 10.1. The molecule has 1 amide bonds. The normalized spacial score (nSPS) is 11.6. The molecular weight excluding hydrogens is 311 g/mol. The molecule has 0 spiro atoms. The van der Waals surface area contributed by atoms with Gasteiger partial charge in [-0.05, 0) is 24.3 Å². The number of aromatic amines is 1. The molecule has 9 heteroatoms. The first-order valence-corrected chi connectivity index (χ1v) is 6.42. The van der Waals surface area contributed by atoms with Crippen molar-refractivity contribution >= 4 is 28.3 Å². The molecule has 0 atom stereocenters. The second kappa shape index (κ2) is 5.27. The molecule has 0 aliphatic heterocycles. The molecule has 0 saturated heterocycles. The van der Waals surface area contributed by atoms with Gasteiger partial charge in [0.1, 0.15) is 5.82 Å². The first-order chi connectivity index (χ1) is 10.8. The molecule has 0 unspecified atom stereocenters. The van der Waals surface area contributed by atoms with Gasteiger partial charge in [-0.3, -0.25) is 9.89 Å². The predicted octanol–water partition coefficient (Wildman–Crippen LogP) is 2.81. The SMILES string of the molecule is Nc1cc(C(=O)Nc2cc(C(F)(F)F)c3cn[nH]c3c2)ccn1. The molecule has 0 radical (unpaired) electrons. The van der Waals surface area contributed by atoms with E-state index < -0.39 is 17.6 Å². The summed E-state index contributed by atoms with van der Waals surface area (Å²) >= 11 is 0. The largest absolute Gasteiger partial charge is 0.417 e. The van der Waals surface area contributed by atoms with Crippen molar-refractivity contribution in [3.8, 4) is 0 Å². The average Bonchev–Trinajstić information content (AvgIpc) is 2.93. The lowest BCUT2D eigenvalue weighted by Gasteiger charge is -2.11. The molecule has 3 rings (SSSR count). The van der Waals surface area contributed by atoms with Crippen molar-refractivity contribution < 1.29 is 18.0 Å². The number of nitrogens with two attached hydrogens (primary N) is 1. The van der Waals surface area contributed by atoms with Gasteiger partial charge in [-0.25, -0.2) is 4.98 Å². The first kappa shape index (κ1) is 14.8. The van der Waals surface area contributed by atoms with Crippen molar-refractivity contribution in [2.24, 2.45) is 0 Å². The summed E-state index contributed by atoms with van der Waals surface area (Å²) in [4.78, 5) is 15.8. The van der Waals surface area contributed by atoms with Gasteiger partial charge in [-0.2, -0.15) is 18.3 Å². The number of nitrogen functional groups attached to an aromatic ring is 1. The summed E-state index contributed by atoms with van der Waals surface area (Å²) in [6.07, 6.45) is -2.14. The van der Waals surface area contributed by atoms with Crippen LogP contribution in [0.3, 0.4) is 0 Å². The number of nitrogens with zero attached hydrogens (tertiary/aromatic N) is 2. The van der Waals surface area contributed by atoms with Crippen LogP contribution in [-0.2, 0) is 6.18 Å². The molecule has 2 heterocycles. The number of H-pyrrole nitrogens is 1. The fourth-order valence-electron chi connectivity index (χ4n) is 2.15. The zero-order valence-electron chi connectivity index (χ0n) is 11.5. The van der Waals surface area contributed by atoms with Gasteiger partial charge in [0.05, 0.1) is 17.3 Å². The van der Waals surface area contributed by atoms with Crippen LogP contribution >= 0.6 is 0 Å². The molecular formula is C14H10F3N5O. The van der Waals surface area contributed by atoms with E-state index in [2.05, 4.69) is 20.5 Å². The Hall–Kier alpha value is -3.10. The number of carbonyl (C=O) groups is 1. The lowest BCUT2D eigenvalue weighted by molar-refractivity contribution is -0.136. The van der Waals surface area contributed by atoms with Crippen molar-refractivity contribution in [2.75, 3.05) is 11.1 Å². The van der Waals surface area contributed by atoms with Gasteiger partial charge >= 0.3 is 6.18 Å². The molecule has 0 bridgehead atoms. The van der Waals surface area contributed by atoms with Gasteiger partial charge < -0.3 is 11.1 Å². The smallest absolute Gasteiger partial charge is 0.384 e. The van der Waals surface area contributed by atoms with Crippen LogP contribution in [0.1, 0.15) is 15.9 Å². The molecule has 4 N–H and O–H groups in total. The number of alkyl halides is 3. The number of aromatic nitrogens is 3. The molecule has 6 nitrogen and oxygen atoms in total. The highest BCUT2D eigenvalue weighted by molar-refractivity contribution is 6.05. The van der Waals surface area contributed by atoms with Crippen molar-refractivity contribution in [3.05, 3.63) is 47.8 Å². The summed E-state index contributed by atoms with van der Waals surface area (Å²) in [5.41, 5.74) is 4.95. The van der Waals surface area contributed by atoms with Crippen LogP contribution in [0.4, 0.5) is 24.7 Å². The average molecular weight is 321 g/mol. The number of fused-ring (bicyclic) bond motifs is 1. The Morgan fingerprint density at radius 1 is 1.26 bits per heavy atom. The quantitative estimate of drug-likeness (QED) is 0.676. The number of benzene rings is 1. The Morgan fingerprint density at radius 2 is 2.04 bits per heavy atom. The number of nitrogens with one attached hydrogen (secondary N) is 2. The fourth-order valence-corrected chi connectivity index (χ4v) is 2.15. The highest BCUT2D eigenvalue weighted by Crippen LogP contribution is 2.36. The monoisotopic (exact) mass is 321 g/mol. The fraction of sp³-hybridized carbons (Fsp3) is 0.0714. The van der Waals surface area contributed by atoms with Crippen LogP contribution in [0.2, 0.25) is 0 Å². The van der Waals surface area contributed by atoms with E-state index in [1.54, 1.807) is 0 Å². The summed E-state index contributed by atoms with van der Waals surface area (Å²) in [5, 5.41) is 8.41. The van der Waals surface area contributed by atoms with E-state index >= 15 is 0 Å². The Morgan fingerprint density at radius 3 is 2.74 bits per heavy atom. The third-order valence-electron chi connectivity index (χ3n) is 3.17. The molecule has 0 aliphatic carbocycles. The number of carbonyl (C=O) groups excluding carboxylic acids is 1. The van der Waals surface area contributed by atoms with Crippen LogP contribution in [0.15, 0.2) is 36.7 Å². The number of halogens is 3. The maximum Gasteiger partial charge on any atom is 0.417 e. The number of pyridine rings is 1. The number of hydrogen-bond donors (Lipinski definition) is 3. The van der Waals surface area contributed by atoms with Gasteiger partial charge in [0.15, 0.2) is 0 Å². The van der Waals surface area contributed by atoms with Gasteiger partial charge in [-0.15, -0.1) is 0 Å². The van der Waals surface area contributed by atoms with Crippen molar-refractivity contribution in [1.29, 1.82) is 0 Å². The number of rotatable bonds is 2. The van der Waals surface area contributed by atoms with E-state index in [-0.39, 0.29) is 28.0 Å². The summed E-state index contributed by atoms with van der Waals surface area (Å²) in [6.45, 7) is 0. The summed E-state index contributed by atoms with van der Waals surface area (Å²) in [7, 11) is 0. The lowest BCUT2D eigenvalue weighted by Crippen LogP contribution is -2.14. The third-order valence-corrected chi connectivity index (χ3v) is 3.17. The number of hydrogen-bond acceptors (Lipinski definition) is 4. The molecule has 0 aliphatic rings. The second-order valence-electron chi connectivity index (χ2n) is 4.78. The Labute approximate surface area is 127 Å². The van der Waals surface area contributed by atoms with Crippen LogP contribution in [0, 0.1) is 0 Å². The molecule has 3 aromatic rings. The second-order valence-corrected chi connectivity index (χ2v) is 4.78. The van der Waals surface area contributed by atoms with Crippen LogP contribution in [-0.4, -0.2) is 21.1 Å². The van der Waals surface area contributed by atoms with Crippen LogP contribution < -0.4 is 11.1 Å². The number of amides is 1. The van der Waals surface area contributed by atoms with E-state index in [0.717, 1.165) is 12.3 Å². The minimum absolute atomic E-state index is 0.00513. The van der Waals surface area contributed by atoms with Crippen molar-refractivity contribution in [2.45, 2.75) is 6.18 Å². The standard InChI is InChI=1S/C14H10F3N5O/c15-14(16,17)10-4-8(5-11-9(10)6-20-22-11)21-13(23)7-1-2-19-12(18)3-7/h1-6H,(H2,18,19)(H,20,22)(H,21,23). The topological polar surface area (TPSA) is 96.7 Å². The van der Waals surface area contributed by atoms with Crippen molar-refractivity contribution in [3.63, 3.8) is 0 Å². The zero-order valence-corrected chi connectivity index (χ0v) is 11.5. The summed E-state index contributed by atoms with van der Waals surface area (Å²) in [5.74, 6) is -0.455. The van der Waals surface area contributed by atoms with E-state index in [9.17, 15) is 18.0 Å². The molecule has 23 heavy (non-hydrogen) atoms. The minimum Gasteiger partial charge on any atom is -0.384 e. The van der Waals surface area contributed by atoms with Gasteiger partial charge in [0, 0.05) is 22.8 Å². The number of anilines is 2. The highest BCUT2D eigenvalue weighted by atomic mass is 19.4. The van der Waals surface area contributed by atoms with E-state index in [4.69, 9.17) is 5.73 Å².